The maximum atomic E-state index is 14.5. The number of hydrogen-bond donors (Lipinski definition) is 2. The second-order valence-electron chi connectivity index (χ2n) is 10.9. The van der Waals surface area contributed by atoms with Gasteiger partial charge in [0.2, 0.25) is 5.91 Å². The number of rotatable bonds is 7. The Morgan fingerprint density at radius 3 is 2.11 bits per heavy atom. The Bertz CT molecular complexity index is 1490. The first-order chi connectivity index (χ1) is 20.5. The van der Waals surface area contributed by atoms with Gasteiger partial charge in [0.15, 0.2) is 17.2 Å². The van der Waals surface area contributed by atoms with Gasteiger partial charge in [0.05, 0.1) is 17.6 Å². The fourth-order valence-corrected chi connectivity index (χ4v) is 5.41. The molecular weight excluding hydrogens is 599 g/mol. The number of hydrogen-bond acceptors (Lipinski definition) is 6. The van der Waals surface area contributed by atoms with E-state index in [0.29, 0.717) is 12.6 Å². The van der Waals surface area contributed by atoms with Gasteiger partial charge in [0, 0.05) is 57.0 Å². The molecule has 2 aliphatic heterocycles. The monoisotopic (exact) mass is 627 g/mol. The Labute approximate surface area is 247 Å². The number of aromatic nitrogens is 2. The van der Waals surface area contributed by atoms with Crippen molar-refractivity contribution in [2.75, 3.05) is 31.1 Å². The lowest BCUT2D eigenvalue weighted by Crippen LogP contribution is -2.71. The van der Waals surface area contributed by atoms with E-state index in [9.17, 15) is 35.5 Å². The SMILES string of the molecule is CC(=O)N[C@](c1ccc(F)c(F)c1)(c1ccc(CN2CC3(C2)CN(c2ccc(C)nc2)C3)cn1)C(F)F.O=C(O)C(F)(F)F. The van der Waals surface area contributed by atoms with Gasteiger partial charge < -0.3 is 15.3 Å². The van der Waals surface area contributed by atoms with Crippen molar-refractivity contribution in [2.45, 2.75) is 38.5 Å². The third-order valence-corrected chi connectivity index (χ3v) is 7.38. The van der Waals surface area contributed by atoms with Crippen molar-refractivity contribution in [3.8, 4) is 0 Å². The summed E-state index contributed by atoms with van der Waals surface area (Å²) in [5, 5.41) is 9.37. The third-order valence-electron chi connectivity index (χ3n) is 7.38. The van der Waals surface area contributed by atoms with Crippen LogP contribution in [-0.2, 0) is 21.7 Å². The van der Waals surface area contributed by atoms with Crippen molar-refractivity contribution in [1.82, 2.24) is 20.2 Å². The van der Waals surface area contributed by atoms with E-state index in [1.165, 1.54) is 12.3 Å². The Balaban J connectivity index is 0.000000566. The average molecular weight is 628 g/mol. The quantitative estimate of drug-likeness (QED) is 0.368. The molecule has 1 aromatic carbocycles. The summed E-state index contributed by atoms with van der Waals surface area (Å²) in [7, 11) is 0. The van der Waals surface area contributed by atoms with Crippen molar-refractivity contribution in [1.29, 1.82) is 0 Å². The summed E-state index contributed by atoms with van der Waals surface area (Å²) in [6.07, 6.45) is -4.86. The molecular formula is C29H28F7N5O3. The second kappa shape index (κ2) is 12.4. The number of carbonyl (C=O) groups excluding carboxylic acids is 1. The van der Waals surface area contributed by atoms with E-state index in [1.807, 2.05) is 19.2 Å². The van der Waals surface area contributed by atoms with Crippen LogP contribution in [0.4, 0.5) is 36.4 Å². The minimum Gasteiger partial charge on any atom is -0.475 e. The summed E-state index contributed by atoms with van der Waals surface area (Å²) in [5.41, 5.74) is 0.321. The molecule has 2 aromatic heterocycles. The molecule has 236 valence electrons. The average Bonchev–Trinajstić information content (AvgIpc) is 2.90. The summed E-state index contributed by atoms with van der Waals surface area (Å²) < 4.78 is 88.2. The highest BCUT2D eigenvalue weighted by atomic mass is 19.4. The van der Waals surface area contributed by atoms with Gasteiger partial charge in [-0.2, -0.15) is 13.2 Å². The number of benzene rings is 1. The number of likely N-dealkylation sites (tertiary alicyclic amines) is 1. The van der Waals surface area contributed by atoms with Crippen molar-refractivity contribution in [3.63, 3.8) is 0 Å². The van der Waals surface area contributed by atoms with Crippen LogP contribution in [0.2, 0.25) is 0 Å². The van der Waals surface area contributed by atoms with Crippen LogP contribution in [0.25, 0.3) is 0 Å². The van der Waals surface area contributed by atoms with Crippen molar-refractivity contribution >= 4 is 17.6 Å². The summed E-state index contributed by atoms with van der Waals surface area (Å²) in [5.74, 6) is -5.97. The van der Waals surface area contributed by atoms with Crippen LogP contribution in [0.15, 0.2) is 54.9 Å². The molecule has 8 nitrogen and oxygen atoms in total. The molecule has 0 unspecified atom stereocenters. The smallest absolute Gasteiger partial charge is 0.475 e. The number of anilines is 1. The van der Waals surface area contributed by atoms with Gasteiger partial charge in [-0.1, -0.05) is 12.1 Å². The van der Waals surface area contributed by atoms with Crippen LogP contribution in [0.3, 0.4) is 0 Å². The molecule has 0 bridgehead atoms. The molecule has 0 aliphatic carbocycles. The summed E-state index contributed by atoms with van der Waals surface area (Å²) in [6.45, 7) is 7.43. The Morgan fingerprint density at radius 2 is 1.64 bits per heavy atom. The molecule has 2 fully saturated rings. The predicted octanol–water partition coefficient (Wildman–Crippen LogP) is 4.66. The molecule has 0 saturated carbocycles. The normalized spacial score (nSPS) is 17.2. The van der Waals surface area contributed by atoms with Crippen molar-refractivity contribution in [2.24, 2.45) is 5.41 Å². The number of aliphatic carboxylic acids is 1. The van der Waals surface area contributed by atoms with Gasteiger partial charge >= 0.3 is 12.1 Å². The number of nitrogens with zero attached hydrogens (tertiary/aromatic N) is 4. The number of nitrogens with one attached hydrogen (secondary N) is 1. The van der Waals surface area contributed by atoms with Crippen LogP contribution < -0.4 is 10.2 Å². The summed E-state index contributed by atoms with van der Waals surface area (Å²) >= 11 is 0. The first-order valence-corrected chi connectivity index (χ1v) is 13.2. The minimum absolute atomic E-state index is 0.158. The van der Waals surface area contributed by atoms with E-state index in [2.05, 4.69) is 31.2 Å². The van der Waals surface area contributed by atoms with Crippen LogP contribution in [0, 0.1) is 24.0 Å². The lowest BCUT2D eigenvalue weighted by molar-refractivity contribution is -0.192. The standard InChI is InChI=1S/C27H27F4N5O.C2HF3O2/c1-17-3-6-21(11-32-17)36-15-26(16-36)13-35(14-26)12-19-4-8-24(33-10-19)27(25(30)31,34-18(2)37)20-5-7-22(28)23(29)9-20;3-2(4,5)1(6)7/h3-11,25H,12-16H2,1-2H3,(H,34,37);(H,6,7)/t27-;/m1./s1. The molecule has 44 heavy (non-hydrogen) atoms. The van der Waals surface area contributed by atoms with Crippen LogP contribution in [0.1, 0.15) is 29.4 Å². The van der Waals surface area contributed by atoms with Gasteiger partial charge in [-0.3, -0.25) is 19.7 Å². The zero-order chi connectivity index (χ0) is 32.4. The largest absolute Gasteiger partial charge is 0.490 e. The number of carboxylic acids is 1. The van der Waals surface area contributed by atoms with Crippen molar-refractivity contribution in [3.05, 3.63) is 89.0 Å². The van der Waals surface area contributed by atoms with E-state index in [4.69, 9.17) is 9.90 Å². The molecule has 2 aliphatic rings. The summed E-state index contributed by atoms with van der Waals surface area (Å²) in [4.78, 5) is 34.0. The Hall–Kier alpha value is -4.27. The van der Waals surface area contributed by atoms with E-state index in [0.717, 1.165) is 62.2 Å². The predicted molar refractivity (Wildman–Crippen MR) is 144 cm³/mol. The molecule has 4 heterocycles. The van der Waals surface area contributed by atoms with Gasteiger partial charge in [-0.25, -0.2) is 22.4 Å². The molecule has 1 amide bonds. The fourth-order valence-electron chi connectivity index (χ4n) is 5.41. The molecule has 1 atom stereocenters. The van der Waals surface area contributed by atoms with Crippen molar-refractivity contribution < 1.29 is 45.4 Å². The van der Waals surface area contributed by atoms with Gasteiger partial charge in [0.1, 0.15) is 0 Å². The maximum absolute atomic E-state index is 14.5. The van der Waals surface area contributed by atoms with E-state index in [-0.39, 0.29) is 16.7 Å². The number of halogens is 7. The zero-order valence-corrected chi connectivity index (χ0v) is 23.5. The summed E-state index contributed by atoms with van der Waals surface area (Å²) in [6, 6.07) is 9.63. The molecule has 1 spiro atoms. The number of aryl methyl sites for hydroxylation is 1. The molecule has 0 radical (unpaired) electrons. The van der Waals surface area contributed by atoms with E-state index < -0.39 is 41.7 Å². The lowest BCUT2D eigenvalue weighted by atomic mass is 9.72. The zero-order valence-electron chi connectivity index (χ0n) is 23.5. The Morgan fingerprint density at radius 1 is 0.977 bits per heavy atom. The molecule has 2 N–H and O–H groups in total. The molecule has 3 aromatic rings. The van der Waals surface area contributed by atoms with Gasteiger partial charge in [0.25, 0.3) is 6.43 Å². The maximum Gasteiger partial charge on any atom is 0.490 e. The molecule has 5 rings (SSSR count). The third kappa shape index (κ3) is 6.93. The minimum atomic E-state index is -5.08. The highest BCUT2D eigenvalue weighted by Gasteiger charge is 2.51. The first kappa shape index (κ1) is 32.6. The number of carbonyl (C=O) groups is 2. The van der Waals surface area contributed by atoms with Crippen LogP contribution in [-0.4, -0.2) is 70.6 Å². The van der Waals surface area contributed by atoms with Gasteiger partial charge in [-0.15, -0.1) is 0 Å². The number of amides is 1. The number of pyridine rings is 2. The van der Waals surface area contributed by atoms with Crippen LogP contribution in [0.5, 0.6) is 0 Å². The van der Waals surface area contributed by atoms with Gasteiger partial charge in [-0.05, 0) is 48.4 Å². The topological polar surface area (TPSA) is 98.7 Å². The highest BCUT2D eigenvalue weighted by Crippen LogP contribution is 2.42. The van der Waals surface area contributed by atoms with Crippen LogP contribution >= 0.6 is 0 Å². The number of alkyl halides is 5. The molecule has 15 heteroatoms. The second-order valence-corrected chi connectivity index (χ2v) is 10.9. The number of carboxylic acid groups (broad SMARTS) is 1. The Kier molecular flexibility index (Phi) is 9.18. The van der Waals surface area contributed by atoms with E-state index in [1.54, 1.807) is 6.07 Å². The molecule has 2 saturated heterocycles. The lowest BCUT2D eigenvalue weighted by Gasteiger charge is -2.61. The first-order valence-electron chi connectivity index (χ1n) is 13.2. The highest BCUT2D eigenvalue weighted by molar-refractivity contribution is 5.75. The van der Waals surface area contributed by atoms with E-state index >= 15 is 0 Å². The fraction of sp³-hybridized carbons (Fsp3) is 0.379.